The summed E-state index contributed by atoms with van der Waals surface area (Å²) in [6.07, 6.45) is -0.527. The number of carbonyl (C=O) groups is 1. The van der Waals surface area contributed by atoms with Crippen molar-refractivity contribution in [1.29, 1.82) is 0 Å². The Morgan fingerprint density at radius 3 is 2.35 bits per heavy atom. The van der Waals surface area contributed by atoms with Gasteiger partial charge >= 0.3 is 6.36 Å². The quantitative estimate of drug-likeness (QED) is 0.773. The van der Waals surface area contributed by atoms with E-state index in [1.165, 1.54) is 12.1 Å². The Morgan fingerprint density at radius 2 is 1.80 bits per heavy atom. The van der Waals surface area contributed by atoms with Gasteiger partial charge in [0.2, 0.25) is 0 Å². The number of ether oxygens (including phenoxy) is 1. The molecule has 0 saturated heterocycles. The third kappa shape index (κ3) is 6.45. The topological polar surface area (TPSA) is 38.3 Å². The molecule has 20 heavy (non-hydrogen) atoms. The standard InChI is InChI=1S/C14H18F3NO2/c1-2-3-4-5-10-18-13(19)11-6-8-12(9-7-11)20-14(15,16)17/h6-9H,2-5,10H2,1H3,(H,18,19). The number of benzene rings is 1. The van der Waals surface area contributed by atoms with Gasteiger partial charge in [-0.25, -0.2) is 0 Å². The van der Waals surface area contributed by atoms with E-state index in [4.69, 9.17) is 0 Å². The first kappa shape index (κ1) is 16.3. The predicted octanol–water partition coefficient (Wildman–Crippen LogP) is 3.90. The lowest BCUT2D eigenvalue weighted by Gasteiger charge is -2.09. The summed E-state index contributed by atoms with van der Waals surface area (Å²) in [4.78, 5) is 11.7. The monoisotopic (exact) mass is 289 g/mol. The van der Waals surface area contributed by atoms with Crippen molar-refractivity contribution in [1.82, 2.24) is 5.32 Å². The molecule has 0 radical (unpaired) electrons. The van der Waals surface area contributed by atoms with E-state index < -0.39 is 6.36 Å². The number of alkyl halides is 3. The number of unbranched alkanes of at least 4 members (excludes halogenated alkanes) is 3. The lowest BCUT2D eigenvalue weighted by Crippen LogP contribution is -2.24. The average molecular weight is 289 g/mol. The van der Waals surface area contributed by atoms with E-state index in [9.17, 15) is 18.0 Å². The third-order valence-electron chi connectivity index (χ3n) is 2.67. The summed E-state index contributed by atoms with van der Waals surface area (Å²) in [6.45, 7) is 2.67. The molecule has 1 amide bonds. The zero-order valence-electron chi connectivity index (χ0n) is 11.3. The Morgan fingerprint density at radius 1 is 1.15 bits per heavy atom. The van der Waals surface area contributed by atoms with Crippen LogP contribution in [0, 0.1) is 0 Å². The zero-order chi connectivity index (χ0) is 15.0. The molecule has 0 aliphatic heterocycles. The van der Waals surface area contributed by atoms with Crippen molar-refractivity contribution in [3.8, 4) is 5.75 Å². The number of halogens is 3. The van der Waals surface area contributed by atoms with Crippen LogP contribution in [0.3, 0.4) is 0 Å². The van der Waals surface area contributed by atoms with E-state index in [0.29, 0.717) is 12.1 Å². The summed E-state index contributed by atoms with van der Waals surface area (Å²) >= 11 is 0. The number of nitrogens with one attached hydrogen (secondary N) is 1. The van der Waals surface area contributed by atoms with Crippen molar-refractivity contribution >= 4 is 5.91 Å². The first-order valence-corrected chi connectivity index (χ1v) is 6.56. The summed E-state index contributed by atoms with van der Waals surface area (Å²) in [5.41, 5.74) is 0.315. The van der Waals surface area contributed by atoms with Crippen molar-refractivity contribution < 1.29 is 22.7 Å². The van der Waals surface area contributed by atoms with Crippen molar-refractivity contribution in [3.63, 3.8) is 0 Å². The number of amides is 1. The van der Waals surface area contributed by atoms with E-state index in [1.54, 1.807) is 0 Å². The number of carbonyl (C=O) groups excluding carboxylic acids is 1. The van der Waals surface area contributed by atoms with Gasteiger partial charge in [-0.2, -0.15) is 0 Å². The van der Waals surface area contributed by atoms with Crippen molar-refractivity contribution in [2.24, 2.45) is 0 Å². The second-order valence-corrected chi connectivity index (χ2v) is 4.39. The van der Waals surface area contributed by atoms with Crippen molar-refractivity contribution in [2.45, 2.75) is 39.0 Å². The van der Waals surface area contributed by atoms with Gasteiger partial charge in [-0.1, -0.05) is 26.2 Å². The lowest BCUT2D eigenvalue weighted by molar-refractivity contribution is -0.274. The highest BCUT2D eigenvalue weighted by atomic mass is 19.4. The molecule has 1 N–H and O–H groups in total. The lowest BCUT2D eigenvalue weighted by atomic mass is 10.2. The van der Waals surface area contributed by atoms with E-state index in [-0.39, 0.29) is 11.7 Å². The maximum atomic E-state index is 12.0. The van der Waals surface area contributed by atoms with Gasteiger partial charge in [0, 0.05) is 12.1 Å². The highest BCUT2D eigenvalue weighted by Crippen LogP contribution is 2.22. The van der Waals surface area contributed by atoms with Gasteiger partial charge < -0.3 is 10.1 Å². The van der Waals surface area contributed by atoms with Crippen molar-refractivity contribution in [2.75, 3.05) is 6.54 Å². The smallest absolute Gasteiger partial charge is 0.406 e. The SMILES string of the molecule is CCCCCCNC(=O)c1ccc(OC(F)(F)F)cc1. The molecule has 112 valence electrons. The van der Waals surface area contributed by atoms with Gasteiger partial charge in [0.05, 0.1) is 0 Å². The highest BCUT2D eigenvalue weighted by Gasteiger charge is 2.31. The van der Waals surface area contributed by atoms with Crippen LogP contribution in [0.2, 0.25) is 0 Å². The van der Waals surface area contributed by atoms with E-state index >= 15 is 0 Å². The summed E-state index contributed by atoms with van der Waals surface area (Å²) < 4.78 is 39.6. The van der Waals surface area contributed by atoms with Gasteiger partial charge in [-0.15, -0.1) is 13.2 Å². The van der Waals surface area contributed by atoms with Crippen LogP contribution in [0.5, 0.6) is 5.75 Å². The van der Waals surface area contributed by atoms with Crippen LogP contribution >= 0.6 is 0 Å². The van der Waals surface area contributed by atoms with Crippen LogP contribution in [0.25, 0.3) is 0 Å². The molecule has 0 saturated carbocycles. The molecule has 1 rings (SSSR count). The largest absolute Gasteiger partial charge is 0.573 e. The molecule has 3 nitrogen and oxygen atoms in total. The fourth-order valence-corrected chi connectivity index (χ4v) is 1.66. The minimum Gasteiger partial charge on any atom is -0.406 e. The Labute approximate surface area is 116 Å². The average Bonchev–Trinajstić information content (AvgIpc) is 2.37. The molecule has 0 aliphatic carbocycles. The normalized spacial score (nSPS) is 11.2. The fraction of sp³-hybridized carbons (Fsp3) is 0.500. The second kappa shape index (κ2) is 7.77. The molecule has 0 bridgehead atoms. The minimum absolute atomic E-state index is 0.292. The molecule has 0 atom stereocenters. The van der Waals surface area contributed by atoms with Crippen molar-refractivity contribution in [3.05, 3.63) is 29.8 Å². The summed E-state index contributed by atoms with van der Waals surface area (Å²) in [5, 5.41) is 2.72. The molecular formula is C14H18F3NO2. The maximum absolute atomic E-state index is 12.0. The van der Waals surface area contributed by atoms with Gasteiger partial charge in [0.25, 0.3) is 5.91 Å². The molecule has 1 aromatic carbocycles. The van der Waals surface area contributed by atoms with Crippen LogP contribution in [0.4, 0.5) is 13.2 Å². The fourth-order valence-electron chi connectivity index (χ4n) is 1.66. The van der Waals surface area contributed by atoms with Crippen LogP contribution in [0.15, 0.2) is 24.3 Å². The van der Waals surface area contributed by atoms with Crippen LogP contribution in [0.1, 0.15) is 43.0 Å². The molecular weight excluding hydrogens is 271 g/mol. The first-order chi connectivity index (χ1) is 9.42. The molecule has 6 heteroatoms. The second-order valence-electron chi connectivity index (χ2n) is 4.39. The van der Waals surface area contributed by atoms with Gasteiger partial charge in [-0.05, 0) is 30.7 Å². The maximum Gasteiger partial charge on any atom is 0.573 e. The predicted molar refractivity (Wildman–Crippen MR) is 69.6 cm³/mol. The third-order valence-corrected chi connectivity index (χ3v) is 2.67. The minimum atomic E-state index is -4.72. The van der Waals surface area contributed by atoms with Crippen LogP contribution < -0.4 is 10.1 Å². The molecule has 0 aromatic heterocycles. The molecule has 0 spiro atoms. The van der Waals surface area contributed by atoms with E-state index in [2.05, 4.69) is 17.0 Å². The van der Waals surface area contributed by atoms with Gasteiger partial charge in [0.1, 0.15) is 5.75 Å². The highest BCUT2D eigenvalue weighted by molar-refractivity contribution is 5.94. The molecule has 0 heterocycles. The van der Waals surface area contributed by atoms with E-state index in [0.717, 1.165) is 37.8 Å². The Hall–Kier alpha value is -1.72. The molecule has 1 aromatic rings. The van der Waals surface area contributed by atoms with Gasteiger partial charge in [0.15, 0.2) is 0 Å². The number of hydrogen-bond donors (Lipinski definition) is 1. The summed E-state index contributed by atoms with van der Waals surface area (Å²) in [7, 11) is 0. The Kier molecular flexibility index (Phi) is 6.35. The summed E-state index contributed by atoms with van der Waals surface area (Å²) in [6, 6.07) is 4.86. The molecule has 0 unspecified atom stereocenters. The zero-order valence-corrected chi connectivity index (χ0v) is 11.3. The van der Waals surface area contributed by atoms with Crippen LogP contribution in [-0.2, 0) is 0 Å². The first-order valence-electron chi connectivity index (χ1n) is 6.56. The number of rotatable bonds is 7. The Bertz CT molecular complexity index is 415. The molecule has 0 fully saturated rings. The summed E-state index contributed by atoms with van der Waals surface area (Å²) in [5.74, 6) is -0.628. The van der Waals surface area contributed by atoms with E-state index in [1.807, 2.05) is 0 Å². The Balaban J connectivity index is 2.41. The number of hydrogen-bond acceptors (Lipinski definition) is 2. The van der Waals surface area contributed by atoms with Crippen LogP contribution in [-0.4, -0.2) is 18.8 Å². The molecule has 0 aliphatic rings. The van der Waals surface area contributed by atoms with Gasteiger partial charge in [-0.3, -0.25) is 4.79 Å².